The maximum absolute atomic E-state index is 12.3. The third kappa shape index (κ3) is 4.77. The standard InChI is InChI=1S/C19H17Cl2N3O2/c1-24-11-14(10-23-24)9-22-19(25)15-4-2-3-13(7-15)12-26-18-6-5-16(20)8-17(18)21/h2-8,10-11H,9,12H2,1H3,(H,22,25). The van der Waals surface area contributed by atoms with Gasteiger partial charge in [-0.05, 0) is 35.9 Å². The molecule has 0 unspecified atom stereocenters. The first-order chi connectivity index (χ1) is 12.5. The van der Waals surface area contributed by atoms with Crippen molar-refractivity contribution >= 4 is 29.1 Å². The van der Waals surface area contributed by atoms with Gasteiger partial charge in [0.2, 0.25) is 0 Å². The Hall–Kier alpha value is -2.50. The van der Waals surface area contributed by atoms with E-state index >= 15 is 0 Å². The molecule has 0 atom stereocenters. The van der Waals surface area contributed by atoms with Crippen molar-refractivity contribution in [2.45, 2.75) is 13.2 Å². The summed E-state index contributed by atoms with van der Waals surface area (Å²) in [5.74, 6) is 0.391. The number of aryl methyl sites for hydroxylation is 1. The fraction of sp³-hybridized carbons (Fsp3) is 0.158. The minimum absolute atomic E-state index is 0.153. The van der Waals surface area contributed by atoms with E-state index in [0.717, 1.165) is 11.1 Å². The van der Waals surface area contributed by atoms with E-state index in [2.05, 4.69) is 10.4 Å². The Morgan fingerprint density at radius 1 is 1.19 bits per heavy atom. The van der Waals surface area contributed by atoms with E-state index in [9.17, 15) is 4.79 Å². The third-order valence-corrected chi connectivity index (χ3v) is 4.22. The van der Waals surface area contributed by atoms with Crippen LogP contribution in [0, 0.1) is 0 Å². The van der Waals surface area contributed by atoms with Crippen LogP contribution >= 0.6 is 23.2 Å². The zero-order valence-corrected chi connectivity index (χ0v) is 15.6. The fourth-order valence-electron chi connectivity index (χ4n) is 2.40. The van der Waals surface area contributed by atoms with Gasteiger partial charge in [-0.1, -0.05) is 35.3 Å². The lowest BCUT2D eigenvalue weighted by atomic mass is 10.1. The molecule has 0 saturated heterocycles. The highest BCUT2D eigenvalue weighted by atomic mass is 35.5. The molecule has 3 aromatic rings. The van der Waals surface area contributed by atoms with E-state index in [0.29, 0.717) is 34.5 Å². The van der Waals surface area contributed by atoms with Crippen molar-refractivity contribution in [3.8, 4) is 5.75 Å². The molecule has 0 aliphatic rings. The van der Waals surface area contributed by atoms with E-state index in [4.69, 9.17) is 27.9 Å². The summed E-state index contributed by atoms with van der Waals surface area (Å²) in [5.41, 5.74) is 2.37. The van der Waals surface area contributed by atoms with Gasteiger partial charge >= 0.3 is 0 Å². The molecule has 1 N–H and O–H groups in total. The average molecular weight is 390 g/mol. The molecule has 3 rings (SSSR count). The van der Waals surface area contributed by atoms with Crippen LogP contribution in [0.4, 0.5) is 0 Å². The number of halogens is 2. The van der Waals surface area contributed by atoms with Gasteiger partial charge in [0.15, 0.2) is 0 Å². The van der Waals surface area contributed by atoms with Crippen LogP contribution in [0.15, 0.2) is 54.9 Å². The number of aromatic nitrogens is 2. The van der Waals surface area contributed by atoms with Crippen molar-refractivity contribution in [2.75, 3.05) is 0 Å². The molecule has 0 aliphatic carbocycles. The maximum atomic E-state index is 12.3. The number of hydrogen-bond donors (Lipinski definition) is 1. The van der Waals surface area contributed by atoms with Crippen LogP contribution in [0.25, 0.3) is 0 Å². The number of hydrogen-bond acceptors (Lipinski definition) is 3. The van der Waals surface area contributed by atoms with Gasteiger partial charge in [0.25, 0.3) is 5.91 Å². The third-order valence-electron chi connectivity index (χ3n) is 3.69. The highest BCUT2D eigenvalue weighted by Crippen LogP contribution is 2.28. The van der Waals surface area contributed by atoms with Crippen LogP contribution in [0.2, 0.25) is 10.0 Å². The van der Waals surface area contributed by atoms with Gasteiger partial charge in [-0.2, -0.15) is 5.10 Å². The number of rotatable bonds is 6. The normalized spacial score (nSPS) is 10.6. The van der Waals surface area contributed by atoms with E-state index in [1.807, 2.05) is 25.4 Å². The minimum Gasteiger partial charge on any atom is -0.487 e. The Balaban J connectivity index is 1.61. The van der Waals surface area contributed by atoms with Crippen molar-refractivity contribution in [3.05, 3.63) is 81.6 Å². The number of ether oxygens (including phenoxy) is 1. The molecule has 1 heterocycles. The van der Waals surface area contributed by atoms with E-state index in [-0.39, 0.29) is 5.91 Å². The van der Waals surface area contributed by atoms with Gasteiger partial charge in [0, 0.05) is 35.9 Å². The largest absolute Gasteiger partial charge is 0.487 e. The monoisotopic (exact) mass is 389 g/mol. The molecule has 0 saturated carbocycles. The molecule has 0 radical (unpaired) electrons. The zero-order valence-electron chi connectivity index (χ0n) is 14.1. The minimum atomic E-state index is -0.153. The van der Waals surface area contributed by atoms with Gasteiger partial charge < -0.3 is 10.1 Å². The van der Waals surface area contributed by atoms with Crippen molar-refractivity contribution in [1.82, 2.24) is 15.1 Å². The summed E-state index contributed by atoms with van der Waals surface area (Å²) in [4.78, 5) is 12.3. The van der Waals surface area contributed by atoms with Crippen LogP contribution in [0.5, 0.6) is 5.75 Å². The number of nitrogens with one attached hydrogen (secondary N) is 1. The van der Waals surface area contributed by atoms with Crippen LogP contribution in [0.1, 0.15) is 21.5 Å². The molecule has 26 heavy (non-hydrogen) atoms. The van der Waals surface area contributed by atoms with Crippen LogP contribution in [-0.2, 0) is 20.2 Å². The molecule has 7 heteroatoms. The van der Waals surface area contributed by atoms with Gasteiger partial charge in [-0.3, -0.25) is 9.48 Å². The Kier molecular flexibility index (Phi) is 5.81. The Labute approximate surface area is 161 Å². The molecule has 1 amide bonds. The molecule has 134 valence electrons. The zero-order chi connectivity index (χ0) is 18.5. The first kappa shape index (κ1) is 18.3. The average Bonchev–Trinajstić information content (AvgIpc) is 3.04. The summed E-state index contributed by atoms with van der Waals surface area (Å²) >= 11 is 12.0. The van der Waals surface area contributed by atoms with E-state index < -0.39 is 0 Å². The van der Waals surface area contributed by atoms with Gasteiger partial charge in [-0.25, -0.2) is 0 Å². The smallest absolute Gasteiger partial charge is 0.251 e. The summed E-state index contributed by atoms with van der Waals surface area (Å²) in [7, 11) is 1.84. The van der Waals surface area contributed by atoms with E-state index in [1.165, 1.54) is 0 Å². The molecule has 1 aromatic heterocycles. The second-order valence-corrected chi connectivity index (χ2v) is 6.61. The maximum Gasteiger partial charge on any atom is 0.251 e. The SMILES string of the molecule is Cn1cc(CNC(=O)c2cccc(COc3ccc(Cl)cc3Cl)c2)cn1. The summed E-state index contributed by atoms with van der Waals surface area (Å²) in [6.45, 7) is 0.721. The topological polar surface area (TPSA) is 56.2 Å². The summed E-state index contributed by atoms with van der Waals surface area (Å²) < 4.78 is 7.41. The van der Waals surface area contributed by atoms with Crippen molar-refractivity contribution < 1.29 is 9.53 Å². The van der Waals surface area contributed by atoms with Crippen molar-refractivity contribution in [1.29, 1.82) is 0 Å². The van der Waals surface area contributed by atoms with Gasteiger partial charge in [0.05, 0.1) is 11.2 Å². The number of benzene rings is 2. The molecule has 0 spiro atoms. The van der Waals surface area contributed by atoms with Crippen molar-refractivity contribution in [3.63, 3.8) is 0 Å². The number of carbonyl (C=O) groups is 1. The van der Waals surface area contributed by atoms with Crippen LogP contribution in [-0.4, -0.2) is 15.7 Å². The first-order valence-electron chi connectivity index (χ1n) is 7.94. The van der Waals surface area contributed by atoms with Crippen molar-refractivity contribution in [2.24, 2.45) is 7.05 Å². The van der Waals surface area contributed by atoms with Gasteiger partial charge in [-0.15, -0.1) is 0 Å². The summed E-state index contributed by atoms with van der Waals surface area (Å²) in [5, 5.41) is 7.95. The Bertz CT molecular complexity index is 925. The number of nitrogens with zero attached hydrogens (tertiary/aromatic N) is 2. The summed E-state index contributed by atoms with van der Waals surface area (Å²) in [6.07, 6.45) is 3.58. The summed E-state index contributed by atoms with van der Waals surface area (Å²) in [6, 6.07) is 12.3. The second kappa shape index (κ2) is 8.25. The first-order valence-corrected chi connectivity index (χ1v) is 8.69. The lowest BCUT2D eigenvalue weighted by Crippen LogP contribution is -2.22. The molecule has 0 bridgehead atoms. The quantitative estimate of drug-likeness (QED) is 0.685. The molecular weight excluding hydrogens is 373 g/mol. The lowest BCUT2D eigenvalue weighted by Gasteiger charge is -2.10. The molecular formula is C19H17Cl2N3O2. The molecule has 2 aromatic carbocycles. The molecule has 5 nitrogen and oxygen atoms in total. The highest BCUT2D eigenvalue weighted by molar-refractivity contribution is 6.35. The second-order valence-electron chi connectivity index (χ2n) is 5.77. The van der Waals surface area contributed by atoms with Crippen LogP contribution < -0.4 is 10.1 Å². The predicted molar refractivity (Wildman–Crippen MR) is 102 cm³/mol. The van der Waals surface area contributed by atoms with E-state index in [1.54, 1.807) is 41.2 Å². The van der Waals surface area contributed by atoms with Crippen LogP contribution in [0.3, 0.4) is 0 Å². The highest BCUT2D eigenvalue weighted by Gasteiger charge is 2.08. The Morgan fingerprint density at radius 2 is 2.04 bits per heavy atom. The fourth-order valence-corrected chi connectivity index (χ4v) is 2.87. The number of amides is 1. The molecule has 0 fully saturated rings. The number of carbonyl (C=O) groups excluding carboxylic acids is 1. The predicted octanol–water partition coefficient (Wildman–Crippen LogP) is 4.24. The Morgan fingerprint density at radius 3 is 2.77 bits per heavy atom. The van der Waals surface area contributed by atoms with Gasteiger partial charge in [0.1, 0.15) is 12.4 Å². The molecule has 0 aliphatic heterocycles. The lowest BCUT2D eigenvalue weighted by molar-refractivity contribution is 0.0950.